The second-order valence-electron chi connectivity index (χ2n) is 8.28. The number of hydrogen-bond donors (Lipinski definition) is 2. The van der Waals surface area contributed by atoms with Crippen molar-refractivity contribution in [1.82, 2.24) is 5.32 Å². The van der Waals surface area contributed by atoms with Crippen LogP contribution in [0, 0.1) is 17.8 Å². The van der Waals surface area contributed by atoms with E-state index < -0.39 is 0 Å². The molecular formula is C24H38N2O2. The van der Waals surface area contributed by atoms with Crippen molar-refractivity contribution < 1.29 is 9.59 Å². The van der Waals surface area contributed by atoms with E-state index in [1.165, 1.54) is 44.9 Å². The Morgan fingerprint density at radius 3 is 2.21 bits per heavy atom. The lowest BCUT2D eigenvalue weighted by Crippen LogP contribution is -2.24. The van der Waals surface area contributed by atoms with Crippen LogP contribution in [-0.4, -0.2) is 18.4 Å². The lowest BCUT2D eigenvalue weighted by molar-refractivity contribution is -0.117. The van der Waals surface area contributed by atoms with Crippen molar-refractivity contribution in [2.24, 2.45) is 17.8 Å². The second kappa shape index (κ2) is 11.9. The van der Waals surface area contributed by atoms with Gasteiger partial charge in [0.25, 0.3) is 5.91 Å². The number of unbranched alkanes of at least 4 members (excludes halogenated alkanes) is 6. The molecule has 1 saturated carbocycles. The van der Waals surface area contributed by atoms with Crippen molar-refractivity contribution in [3.05, 3.63) is 29.8 Å². The third kappa shape index (κ3) is 6.96. The zero-order chi connectivity index (χ0) is 20.4. The Labute approximate surface area is 170 Å². The van der Waals surface area contributed by atoms with E-state index in [4.69, 9.17) is 0 Å². The summed E-state index contributed by atoms with van der Waals surface area (Å²) in [5.74, 6) is 1.24. The minimum Gasteiger partial charge on any atom is -0.352 e. The Kier molecular flexibility index (Phi) is 9.52. The van der Waals surface area contributed by atoms with Gasteiger partial charge in [-0.1, -0.05) is 65.7 Å². The summed E-state index contributed by atoms with van der Waals surface area (Å²) < 4.78 is 0. The van der Waals surface area contributed by atoms with Gasteiger partial charge in [0.1, 0.15) is 0 Å². The molecule has 28 heavy (non-hydrogen) atoms. The number of rotatable bonds is 13. The molecule has 0 radical (unpaired) electrons. The predicted octanol–water partition coefficient (Wildman–Crippen LogP) is 5.79. The van der Waals surface area contributed by atoms with Gasteiger partial charge in [0, 0.05) is 23.7 Å². The van der Waals surface area contributed by atoms with Crippen molar-refractivity contribution in [3.63, 3.8) is 0 Å². The van der Waals surface area contributed by atoms with Gasteiger partial charge in [-0.15, -0.1) is 0 Å². The zero-order valence-corrected chi connectivity index (χ0v) is 17.9. The molecule has 0 spiro atoms. The highest BCUT2D eigenvalue weighted by atomic mass is 16.2. The second-order valence-corrected chi connectivity index (χ2v) is 8.28. The van der Waals surface area contributed by atoms with Gasteiger partial charge < -0.3 is 10.6 Å². The lowest BCUT2D eigenvalue weighted by Gasteiger charge is -2.08. The predicted molar refractivity (Wildman–Crippen MR) is 116 cm³/mol. The number of anilines is 1. The van der Waals surface area contributed by atoms with Gasteiger partial charge >= 0.3 is 0 Å². The first kappa shape index (κ1) is 22.4. The van der Waals surface area contributed by atoms with Crippen molar-refractivity contribution in [2.75, 3.05) is 11.9 Å². The van der Waals surface area contributed by atoms with E-state index in [9.17, 15) is 9.59 Å². The standard InChI is InChI=1S/C24H38N2O2/c1-4-6-8-9-10-11-17-25-23(27)19-13-15-20(16-14-19)26-24(28)22-18(3)21(22)12-7-5-2/h13-16,18,21-22H,4-12,17H2,1-3H3,(H,25,27)(H,26,28)/t18-,21+,22+/m0/s1. The fourth-order valence-corrected chi connectivity index (χ4v) is 4.00. The normalized spacial score (nSPS) is 20.6. The van der Waals surface area contributed by atoms with Crippen LogP contribution in [0.25, 0.3) is 0 Å². The molecule has 0 saturated heterocycles. The average Bonchev–Trinajstić information content (AvgIpc) is 3.35. The zero-order valence-electron chi connectivity index (χ0n) is 17.9. The highest BCUT2D eigenvalue weighted by Gasteiger charge is 2.50. The van der Waals surface area contributed by atoms with Gasteiger partial charge in [0.2, 0.25) is 5.91 Å². The lowest BCUT2D eigenvalue weighted by atomic mass is 10.1. The van der Waals surface area contributed by atoms with E-state index in [1.54, 1.807) is 12.1 Å². The summed E-state index contributed by atoms with van der Waals surface area (Å²) in [6.07, 6.45) is 10.8. The van der Waals surface area contributed by atoms with Crippen LogP contribution in [0.3, 0.4) is 0 Å². The Morgan fingerprint density at radius 1 is 0.893 bits per heavy atom. The highest BCUT2D eigenvalue weighted by Crippen LogP contribution is 2.49. The van der Waals surface area contributed by atoms with E-state index in [2.05, 4.69) is 31.4 Å². The average molecular weight is 387 g/mol. The van der Waals surface area contributed by atoms with Crippen molar-refractivity contribution in [2.45, 2.75) is 78.6 Å². The molecule has 4 nitrogen and oxygen atoms in total. The fraction of sp³-hybridized carbons (Fsp3) is 0.667. The van der Waals surface area contributed by atoms with E-state index in [0.29, 0.717) is 17.4 Å². The molecular weight excluding hydrogens is 348 g/mol. The van der Waals surface area contributed by atoms with Gasteiger partial charge in [-0.05, 0) is 48.9 Å². The van der Waals surface area contributed by atoms with E-state index in [1.807, 2.05) is 12.1 Å². The first-order valence-corrected chi connectivity index (χ1v) is 11.3. The minimum atomic E-state index is -0.0399. The first-order valence-electron chi connectivity index (χ1n) is 11.3. The molecule has 0 aromatic heterocycles. The topological polar surface area (TPSA) is 58.2 Å². The van der Waals surface area contributed by atoms with E-state index in [-0.39, 0.29) is 17.7 Å². The highest BCUT2D eigenvalue weighted by molar-refractivity contribution is 5.97. The summed E-state index contributed by atoms with van der Waals surface area (Å²) in [6.45, 7) is 7.30. The molecule has 2 N–H and O–H groups in total. The van der Waals surface area contributed by atoms with Gasteiger partial charge in [-0.25, -0.2) is 0 Å². The third-order valence-corrected chi connectivity index (χ3v) is 5.99. The smallest absolute Gasteiger partial charge is 0.251 e. The van der Waals surface area contributed by atoms with Crippen LogP contribution in [0.2, 0.25) is 0 Å². The molecule has 0 unspecified atom stereocenters. The summed E-state index contributed by atoms with van der Waals surface area (Å²) in [4.78, 5) is 24.7. The van der Waals surface area contributed by atoms with Crippen LogP contribution in [0.1, 0.15) is 88.9 Å². The molecule has 1 aromatic rings. The van der Waals surface area contributed by atoms with Crippen LogP contribution in [-0.2, 0) is 4.79 Å². The molecule has 0 bridgehead atoms. The van der Waals surface area contributed by atoms with E-state index >= 15 is 0 Å². The van der Waals surface area contributed by atoms with Gasteiger partial charge in [0.15, 0.2) is 0 Å². The number of carbonyl (C=O) groups is 2. The molecule has 4 heteroatoms. The fourth-order valence-electron chi connectivity index (χ4n) is 4.00. The minimum absolute atomic E-state index is 0.0399. The monoisotopic (exact) mass is 386 g/mol. The molecule has 1 fully saturated rings. The molecule has 1 aliphatic rings. The number of nitrogens with one attached hydrogen (secondary N) is 2. The molecule has 0 aliphatic heterocycles. The van der Waals surface area contributed by atoms with Crippen LogP contribution >= 0.6 is 0 Å². The SMILES string of the molecule is CCCCCCCCNC(=O)c1ccc(NC(=O)[C@@H]2[C@@H](C)[C@H]2CCCC)cc1. The molecule has 3 atom stereocenters. The number of carbonyl (C=O) groups excluding carboxylic acids is 2. The Hall–Kier alpha value is -1.84. The maximum absolute atomic E-state index is 12.5. The van der Waals surface area contributed by atoms with Crippen molar-refractivity contribution >= 4 is 17.5 Å². The maximum Gasteiger partial charge on any atom is 0.251 e. The number of amides is 2. The van der Waals surface area contributed by atoms with Gasteiger partial charge in [-0.3, -0.25) is 9.59 Å². The molecule has 1 aliphatic carbocycles. The summed E-state index contributed by atoms with van der Waals surface area (Å²) in [5, 5.41) is 6.00. The summed E-state index contributed by atoms with van der Waals surface area (Å²) in [7, 11) is 0. The number of benzene rings is 1. The van der Waals surface area contributed by atoms with Gasteiger partial charge in [0.05, 0.1) is 0 Å². The van der Waals surface area contributed by atoms with Crippen LogP contribution in [0.4, 0.5) is 5.69 Å². The quantitative estimate of drug-likeness (QED) is 0.422. The van der Waals surface area contributed by atoms with Crippen LogP contribution < -0.4 is 10.6 Å². The van der Waals surface area contributed by atoms with E-state index in [0.717, 1.165) is 25.1 Å². The third-order valence-electron chi connectivity index (χ3n) is 5.99. The first-order chi connectivity index (χ1) is 13.6. The molecule has 2 rings (SSSR count). The van der Waals surface area contributed by atoms with Gasteiger partial charge in [-0.2, -0.15) is 0 Å². The molecule has 156 valence electrons. The molecule has 1 aromatic carbocycles. The van der Waals surface area contributed by atoms with Crippen molar-refractivity contribution in [3.8, 4) is 0 Å². The summed E-state index contributed by atoms with van der Waals surface area (Å²) >= 11 is 0. The Balaban J connectivity index is 1.69. The largest absolute Gasteiger partial charge is 0.352 e. The maximum atomic E-state index is 12.5. The van der Waals surface area contributed by atoms with Crippen LogP contribution in [0.15, 0.2) is 24.3 Å². The van der Waals surface area contributed by atoms with Crippen molar-refractivity contribution in [1.29, 1.82) is 0 Å². The Morgan fingerprint density at radius 2 is 1.54 bits per heavy atom. The Bertz CT molecular complexity index is 612. The van der Waals surface area contributed by atoms with Crippen LogP contribution in [0.5, 0.6) is 0 Å². The summed E-state index contributed by atoms with van der Waals surface area (Å²) in [6, 6.07) is 7.23. The molecule has 2 amide bonds. The molecule has 0 heterocycles. The summed E-state index contributed by atoms with van der Waals surface area (Å²) in [5.41, 5.74) is 1.41. The number of hydrogen-bond acceptors (Lipinski definition) is 2.